The van der Waals surface area contributed by atoms with Crippen molar-refractivity contribution < 1.29 is 4.74 Å². The molecule has 64 heavy (non-hydrogen) atoms. The summed E-state index contributed by atoms with van der Waals surface area (Å²) in [4.78, 5) is 5.63. The number of hydrogen-bond acceptors (Lipinski definition) is 3. The molecule has 0 bridgehead atoms. The summed E-state index contributed by atoms with van der Waals surface area (Å²) >= 11 is 0. The van der Waals surface area contributed by atoms with Gasteiger partial charge in [0, 0.05) is 21.9 Å². The molecule has 1 N–H and O–H groups in total. The number of amidine groups is 1. The second-order valence-corrected chi connectivity index (χ2v) is 17.4. The van der Waals surface area contributed by atoms with Gasteiger partial charge >= 0.3 is 0 Å². The first-order valence-electron chi connectivity index (χ1n) is 22.4. The number of hydrogen-bond donors (Lipinski definition) is 1. The Morgan fingerprint density at radius 2 is 1.11 bits per heavy atom. The number of rotatable bonds is 6. The fraction of sp³-hybridized carbons (Fsp3) is 0.0833. The number of nitrogens with zero attached hydrogens (tertiary/aromatic N) is 2. The molecule has 4 heteroatoms. The van der Waals surface area contributed by atoms with Crippen LogP contribution in [-0.4, -0.2) is 16.5 Å². The largest absolute Gasteiger partial charge is 0.483 e. The number of nitrogens with one attached hydrogen (secondary N) is 1. The minimum atomic E-state index is -0.186. The van der Waals surface area contributed by atoms with Crippen LogP contribution >= 0.6 is 0 Å². The summed E-state index contributed by atoms with van der Waals surface area (Å²) in [5, 5.41) is 11.4. The number of benzene rings is 9. The third-order valence-corrected chi connectivity index (χ3v) is 13.7. The molecule has 1 aromatic heterocycles. The zero-order valence-corrected chi connectivity index (χ0v) is 35.1. The number of fused-ring (bicyclic) bond motifs is 8. The maximum absolute atomic E-state index is 7.20. The number of aromatic nitrogens is 1. The summed E-state index contributed by atoms with van der Waals surface area (Å²) in [5.41, 5.74) is 12.9. The van der Waals surface area contributed by atoms with Gasteiger partial charge in [-0.05, 0) is 97.8 Å². The van der Waals surface area contributed by atoms with Gasteiger partial charge in [0.25, 0.3) is 0 Å². The molecule has 1 aliphatic carbocycles. The molecule has 9 aromatic carbocycles. The van der Waals surface area contributed by atoms with Crippen molar-refractivity contribution in [3.63, 3.8) is 0 Å². The lowest BCUT2D eigenvalue weighted by Gasteiger charge is -2.34. The van der Waals surface area contributed by atoms with Gasteiger partial charge in [0.1, 0.15) is 17.7 Å². The molecule has 0 radical (unpaired) electrons. The summed E-state index contributed by atoms with van der Waals surface area (Å²) in [5.74, 6) is 1.80. The van der Waals surface area contributed by atoms with Crippen molar-refractivity contribution in [1.82, 2.24) is 9.88 Å². The summed E-state index contributed by atoms with van der Waals surface area (Å²) in [6, 6.07) is 72.8. The fourth-order valence-corrected chi connectivity index (χ4v) is 10.6. The highest BCUT2D eigenvalue weighted by atomic mass is 16.5. The van der Waals surface area contributed by atoms with Crippen molar-refractivity contribution >= 4 is 49.2 Å². The van der Waals surface area contributed by atoms with Crippen LogP contribution in [0.2, 0.25) is 0 Å². The van der Waals surface area contributed by atoms with E-state index in [2.05, 4.69) is 228 Å². The zero-order chi connectivity index (χ0) is 42.1. The number of para-hydroxylation sites is 1. The first-order valence-corrected chi connectivity index (χ1v) is 22.4. The lowest BCUT2D eigenvalue weighted by atomic mass is 9.82. The van der Waals surface area contributed by atoms with Crippen LogP contribution in [-0.2, 0) is 0 Å². The van der Waals surface area contributed by atoms with Crippen LogP contribution in [0.4, 0.5) is 0 Å². The van der Waals surface area contributed by atoms with Crippen LogP contribution in [0.5, 0.6) is 5.75 Å². The number of allylic oxidation sites excluding steroid dienone is 2. The first-order chi connectivity index (χ1) is 31.7. The highest BCUT2D eigenvalue weighted by Crippen LogP contribution is 2.50. The Morgan fingerprint density at radius 3 is 1.77 bits per heavy atom. The Balaban J connectivity index is 0.958. The van der Waals surface area contributed by atoms with Gasteiger partial charge in [0.05, 0.1) is 34.7 Å². The van der Waals surface area contributed by atoms with Crippen molar-refractivity contribution in [3.8, 4) is 33.7 Å². The molecule has 0 amide bonds. The molecule has 0 fully saturated rings. The van der Waals surface area contributed by atoms with Gasteiger partial charge in [-0.15, -0.1) is 0 Å². The van der Waals surface area contributed by atoms with Crippen molar-refractivity contribution in [2.45, 2.75) is 30.5 Å². The van der Waals surface area contributed by atoms with E-state index in [9.17, 15) is 0 Å². The van der Waals surface area contributed by atoms with E-state index in [1.807, 2.05) is 0 Å². The Bertz CT molecular complexity index is 3470. The molecular weight excluding hydrogens is 779 g/mol. The maximum Gasteiger partial charge on any atom is 0.148 e. The van der Waals surface area contributed by atoms with Gasteiger partial charge in [0.15, 0.2) is 0 Å². The van der Waals surface area contributed by atoms with E-state index in [1.54, 1.807) is 0 Å². The van der Waals surface area contributed by atoms with E-state index in [0.717, 1.165) is 40.3 Å². The lowest BCUT2D eigenvalue weighted by molar-refractivity contribution is 0.266. The molecule has 0 saturated heterocycles. The highest BCUT2D eigenvalue weighted by molar-refractivity contribution is 6.11. The Morgan fingerprint density at radius 1 is 0.516 bits per heavy atom. The quantitative estimate of drug-likeness (QED) is 0.181. The van der Waals surface area contributed by atoms with Crippen LogP contribution in [0.3, 0.4) is 0 Å². The molecule has 3 heterocycles. The number of aliphatic imine (C=N–C) groups is 1. The molecule has 304 valence electrons. The van der Waals surface area contributed by atoms with Gasteiger partial charge in [-0.25, -0.2) is 0 Å². The molecule has 0 saturated carbocycles. The van der Waals surface area contributed by atoms with Gasteiger partial charge in [-0.2, -0.15) is 0 Å². The minimum Gasteiger partial charge on any atom is -0.483 e. The Kier molecular flexibility index (Phi) is 8.51. The Labute approximate surface area is 372 Å². The second-order valence-electron chi connectivity index (χ2n) is 17.4. The van der Waals surface area contributed by atoms with E-state index < -0.39 is 0 Å². The van der Waals surface area contributed by atoms with Crippen molar-refractivity contribution in [1.29, 1.82) is 0 Å². The molecular formula is C60H43N3O. The molecule has 10 aromatic rings. The van der Waals surface area contributed by atoms with Crippen LogP contribution < -0.4 is 10.1 Å². The second kappa shape index (κ2) is 14.9. The predicted octanol–water partition coefficient (Wildman–Crippen LogP) is 14.6. The molecule has 4 atom stereocenters. The Hall–Kier alpha value is -7.95. The van der Waals surface area contributed by atoms with E-state index in [0.29, 0.717) is 0 Å². The van der Waals surface area contributed by atoms with E-state index in [4.69, 9.17) is 9.73 Å². The topological polar surface area (TPSA) is 38.5 Å². The monoisotopic (exact) mass is 821 g/mol. The summed E-state index contributed by atoms with van der Waals surface area (Å²) < 4.78 is 9.64. The fourth-order valence-electron chi connectivity index (χ4n) is 10.6. The SMILES string of the molecule is C1=CC2Oc3c(cccc3-n3c4cc(-c5ccccc5)ccc4c4ccc(-c5ccccc5)cc43)C2C(C2=NC(c3ccc4ccccc4c3)CC(c3ccc4ccccc4c3)N2)=C1. The smallest absolute Gasteiger partial charge is 0.148 e. The third-order valence-electron chi connectivity index (χ3n) is 13.7. The molecule has 3 aliphatic rings. The minimum absolute atomic E-state index is 0.0362. The molecule has 4 nitrogen and oxygen atoms in total. The van der Waals surface area contributed by atoms with Crippen LogP contribution in [0.1, 0.15) is 41.1 Å². The zero-order valence-electron chi connectivity index (χ0n) is 35.1. The van der Waals surface area contributed by atoms with Gasteiger partial charge in [0.2, 0.25) is 0 Å². The van der Waals surface area contributed by atoms with Crippen LogP contribution in [0.15, 0.2) is 229 Å². The van der Waals surface area contributed by atoms with Crippen LogP contribution in [0, 0.1) is 0 Å². The summed E-state index contributed by atoms with van der Waals surface area (Å²) in [7, 11) is 0. The van der Waals surface area contributed by atoms with Crippen LogP contribution in [0.25, 0.3) is 71.3 Å². The van der Waals surface area contributed by atoms with Crippen molar-refractivity contribution in [2.75, 3.05) is 0 Å². The van der Waals surface area contributed by atoms with Crippen molar-refractivity contribution in [2.24, 2.45) is 4.99 Å². The molecule has 0 spiro atoms. The normalized spacial score (nSPS) is 18.9. The first kappa shape index (κ1) is 36.7. The van der Waals surface area contributed by atoms with E-state index in [-0.39, 0.29) is 24.1 Å². The van der Waals surface area contributed by atoms with Gasteiger partial charge in [-0.3, -0.25) is 4.99 Å². The maximum atomic E-state index is 7.20. The number of ether oxygens (including phenoxy) is 1. The predicted molar refractivity (Wildman–Crippen MR) is 265 cm³/mol. The highest BCUT2D eigenvalue weighted by Gasteiger charge is 2.42. The lowest BCUT2D eigenvalue weighted by Crippen LogP contribution is -2.38. The average molecular weight is 822 g/mol. The summed E-state index contributed by atoms with van der Waals surface area (Å²) in [6.07, 6.45) is 7.30. The van der Waals surface area contributed by atoms with Crippen molar-refractivity contribution in [3.05, 3.63) is 241 Å². The standard InChI is InChI=1S/C60H43N3O/c1-3-13-38(14-4-1)44-29-31-48-49-32-30-45(39-15-5-2-6-16-39)36-56(49)63(55(48)35-44)54-23-11-21-50-58-51(22-12-24-57(58)64-59(50)54)60-61-52(46-27-25-40-17-7-9-19-42(40)33-46)37-53(62-60)47-28-26-41-18-8-10-20-43(41)34-47/h1-36,52-53,57-58H,37H2,(H,61,62). The van der Waals surface area contributed by atoms with Gasteiger partial charge < -0.3 is 14.6 Å². The van der Waals surface area contributed by atoms with Gasteiger partial charge in [-0.1, -0.05) is 182 Å². The molecule has 2 aliphatic heterocycles. The molecule has 13 rings (SSSR count). The molecule has 4 unspecified atom stereocenters. The summed E-state index contributed by atoms with van der Waals surface area (Å²) in [6.45, 7) is 0. The average Bonchev–Trinajstić information content (AvgIpc) is 3.92. The van der Waals surface area contributed by atoms with E-state index in [1.165, 1.54) is 71.3 Å². The third kappa shape index (κ3) is 6.09. The van der Waals surface area contributed by atoms with E-state index >= 15 is 0 Å².